The predicted molar refractivity (Wildman–Crippen MR) is 45.4 cm³/mol. The van der Waals surface area contributed by atoms with Gasteiger partial charge in [0.25, 0.3) is 0 Å². The van der Waals surface area contributed by atoms with E-state index in [1.165, 1.54) is 12.4 Å². The van der Waals surface area contributed by atoms with Gasteiger partial charge in [-0.1, -0.05) is 11.6 Å². The van der Waals surface area contributed by atoms with E-state index in [9.17, 15) is 4.79 Å². The maximum Gasteiger partial charge on any atom is 0.170 e. The Labute approximate surface area is 75.5 Å². The normalized spacial score (nSPS) is 8.25. The summed E-state index contributed by atoms with van der Waals surface area (Å²) in [5, 5.41) is 0.292. The van der Waals surface area contributed by atoms with Crippen LogP contribution in [0.25, 0.3) is 0 Å². The van der Waals surface area contributed by atoms with Crippen molar-refractivity contribution >= 4 is 17.9 Å². The Morgan fingerprint density at radius 2 is 2.00 bits per heavy atom. The third-order valence-electron chi connectivity index (χ3n) is 0.761. The van der Waals surface area contributed by atoms with Crippen LogP contribution in [0.3, 0.4) is 0 Å². The molecule has 0 saturated carbocycles. The number of aldehydes is 1. The van der Waals surface area contributed by atoms with Gasteiger partial charge in [-0.25, -0.2) is 9.97 Å². The van der Waals surface area contributed by atoms with Gasteiger partial charge in [0.1, 0.15) is 10.8 Å². The Balaban J connectivity index is 0.000000354. The Kier molecular flexibility index (Phi) is 6.14. The Morgan fingerprint density at radius 1 is 1.42 bits per heavy atom. The zero-order valence-corrected chi connectivity index (χ0v) is 7.58. The summed E-state index contributed by atoms with van der Waals surface area (Å²) in [5.41, 5.74) is 0.291. The molecule has 1 heterocycles. The molecular weight excluding hydrogens is 180 g/mol. The molecule has 5 heteroatoms. The molecule has 12 heavy (non-hydrogen) atoms. The maximum absolute atomic E-state index is 9.97. The van der Waals surface area contributed by atoms with E-state index in [-0.39, 0.29) is 0 Å². The molecule has 0 aliphatic carbocycles. The molecule has 0 aliphatic heterocycles. The summed E-state index contributed by atoms with van der Waals surface area (Å²) in [5.74, 6) is 0. The van der Waals surface area contributed by atoms with Crippen LogP contribution in [0.5, 0.6) is 0 Å². The quantitative estimate of drug-likeness (QED) is 0.622. The summed E-state index contributed by atoms with van der Waals surface area (Å²) in [6.45, 7) is 0. The largest absolute Gasteiger partial charge is 0.388 e. The first kappa shape index (κ1) is 11.0. The highest BCUT2D eigenvalue weighted by Crippen LogP contribution is 1.98. The minimum atomic E-state index is 0.291. The van der Waals surface area contributed by atoms with Crippen LogP contribution in [0.1, 0.15) is 10.5 Å². The van der Waals surface area contributed by atoms with Gasteiger partial charge in [0.15, 0.2) is 6.29 Å². The number of hydrogen-bond acceptors (Lipinski definition) is 4. The molecule has 1 rings (SSSR count). The van der Waals surface area contributed by atoms with Gasteiger partial charge in [0.2, 0.25) is 0 Å². The highest BCUT2D eigenvalue weighted by Gasteiger charge is 1.89. The van der Waals surface area contributed by atoms with Gasteiger partial charge in [-0.15, -0.1) is 0 Å². The molecule has 0 saturated heterocycles. The van der Waals surface area contributed by atoms with Gasteiger partial charge in [-0.2, -0.15) is 0 Å². The minimum Gasteiger partial charge on any atom is -0.388 e. The SMILES string of the molecule is COC.O=Cc1cnc(Cl)cn1. The van der Waals surface area contributed by atoms with E-state index in [4.69, 9.17) is 11.6 Å². The molecular formula is C7H9ClN2O2. The molecule has 1 aromatic heterocycles. The van der Waals surface area contributed by atoms with Gasteiger partial charge in [0, 0.05) is 14.2 Å². The van der Waals surface area contributed by atoms with E-state index in [1.807, 2.05) is 0 Å². The lowest BCUT2D eigenvalue weighted by Crippen LogP contribution is -1.86. The van der Waals surface area contributed by atoms with E-state index in [1.54, 1.807) is 14.2 Å². The van der Waals surface area contributed by atoms with Crippen molar-refractivity contribution in [1.82, 2.24) is 9.97 Å². The first-order valence-electron chi connectivity index (χ1n) is 3.07. The molecule has 4 nitrogen and oxygen atoms in total. The second-order valence-corrected chi connectivity index (χ2v) is 2.18. The van der Waals surface area contributed by atoms with Gasteiger partial charge < -0.3 is 4.74 Å². The highest BCUT2D eigenvalue weighted by molar-refractivity contribution is 6.29. The summed E-state index contributed by atoms with van der Waals surface area (Å²) >= 11 is 5.38. The highest BCUT2D eigenvalue weighted by atomic mass is 35.5. The number of aromatic nitrogens is 2. The van der Waals surface area contributed by atoms with Gasteiger partial charge >= 0.3 is 0 Å². The van der Waals surface area contributed by atoms with Crippen LogP contribution in [0.15, 0.2) is 12.4 Å². The molecule has 0 amide bonds. The topological polar surface area (TPSA) is 52.1 Å². The van der Waals surface area contributed by atoms with E-state index in [0.29, 0.717) is 17.1 Å². The van der Waals surface area contributed by atoms with Crippen LogP contribution in [-0.4, -0.2) is 30.5 Å². The number of carbonyl (C=O) groups excluding carboxylic acids is 1. The van der Waals surface area contributed by atoms with E-state index in [0.717, 1.165) is 0 Å². The van der Waals surface area contributed by atoms with Crippen LogP contribution in [0.4, 0.5) is 0 Å². The minimum absolute atomic E-state index is 0.291. The van der Waals surface area contributed by atoms with Crippen LogP contribution < -0.4 is 0 Å². The summed E-state index contributed by atoms with van der Waals surface area (Å²) < 4.78 is 4.25. The number of methoxy groups -OCH3 is 1. The molecule has 0 N–H and O–H groups in total. The lowest BCUT2D eigenvalue weighted by molar-refractivity contribution is 0.111. The Hall–Kier alpha value is -1.00. The molecule has 0 spiro atoms. The monoisotopic (exact) mass is 188 g/mol. The molecule has 1 aromatic rings. The van der Waals surface area contributed by atoms with Crippen LogP contribution in [-0.2, 0) is 4.74 Å². The van der Waals surface area contributed by atoms with Crippen molar-refractivity contribution in [3.8, 4) is 0 Å². The molecule has 0 radical (unpaired) electrons. The second-order valence-electron chi connectivity index (χ2n) is 1.79. The van der Waals surface area contributed by atoms with Crippen molar-refractivity contribution in [2.45, 2.75) is 0 Å². The Morgan fingerprint density at radius 3 is 2.33 bits per heavy atom. The molecule has 66 valence electrons. The van der Waals surface area contributed by atoms with Crippen molar-refractivity contribution in [2.75, 3.05) is 14.2 Å². The fourth-order valence-corrected chi connectivity index (χ4v) is 0.481. The van der Waals surface area contributed by atoms with E-state index in [2.05, 4.69) is 14.7 Å². The molecule has 0 fully saturated rings. The molecule has 0 unspecified atom stereocenters. The molecule has 0 aliphatic rings. The number of ether oxygens (including phenoxy) is 1. The van der Waals surface area contributed by atoms with Crippen molar-refractivity contribution in [3.05, 3.63) is 23.2 Å². The fourth-order valence-electron chi connectivity index (χ4n) is 0.383. The summed E-state index contributed by atoms with van der Waals surface area (Å²) in [6.07, 6.45) is 3.25. The van der Waals surface area contributed by atoms with Crippen molar-refractivity contribution in [1.29, 1.82) is 0 Å². The third-order valence-corrected chi connectivity index (χ3v) is 0.956. The summed E-state index contributed by atoms with van der Waals surface area (Å²) in [4.78, 5) is 17.2. The van der Waals surface area contributed by atoms with Crippen molar-refractivity contribution < 1.29 is 9.53 Å². The molecule has 0 aromatic carbocycles. The van der Waals surface area contributed by atoms with Crippen LogP contribution in [0, 0.1) is 0 Å². The fraction of sp³-hybridized carbons (Fsp3) is 0.286. The average Bonchev–Trinajstić information content (AvgIpc) is 2.07. The predicted octanol–water partition coefficient (Wildman–Crippen LogP) is 1.21. The second kappa shape index (κ2) is 6.69. The smallest absolute Gasteiger partial charge is 0.170 e. The van der Waals surface area contributed by atoms with Gasteiger partial charge in [-0.05, 0) is 0 Å². The van der Waals surface area contributed by atoms with Gasteiger partial charge in [-0.3, -0.25) is 4.79 Å². The average molecular weight is 189 g/mol. The zero-order valence-electron chi connectivity index (χ0n) is 6.82. The lowest BCUT2D eigenvalue weighted by atomic mass is 10.5. The zero-order chi connectivity index (χ0) is 9.40. The molecule has 0 bridgehead atoms. The third kappa shape index (κ3) is 4.76. The summed E-state index contributed by atoms with van der Waals surface area (Å²) in [6, 6.07) is 0. The maximum atomic E-state index is 9.97. The standard InChI is InChI=1S/C5H3ClN2O.C2H6O/c6-5-2-7-4(3-9)1-8-5;1-3-2/h1-3H;1-2H3. The number of nitrogens with zero attached hydrogens (tertiary/aromatic N) is 2. The van der Waals surface area contributed by atoms with E-state index >= 15 is 0 Å². The number of halogens is 1. The number of carbonyl (C=O) groups is 1. The van der Waals surface area contributed by atoms with Crippen LogP contribution in [0.2, 0.25) is 5.15 Å². The first-order valence-corrected chi connectivity index (χ1v) is 3.45. The Bertz CT molecular complexity index is 225. The van der Waals surface area contributed by atoms with Crippen LogP contribution >= 0.6 is 11.6 Å². The first-order chi connectivity index (χ1) is 5.74. The van der Waals surface area contributed by atoms with Crippen molar-refractivity contribution in [3.63, 3.8) is 0 Å². The number of rotatable bonds is 1. The van der Waals surface area contributed by atoms with E-state index < -0.39 is 0 Å². The molecule has 0 atom stereocenters. The lowest BCUT2D eigenvalue weighted by Gasteiger charge is -1.86. The number of hydrogen-bond donors (Lipinski definition) is 0. The summed E-state index contributed by atoms with van der Waals surface area (Å²) in [7, 11) is 3.25. The van der Waals surface area contributed by atoms with Crippen molar-refractivity contribution in [2.24, 2.45) is 0 Å². The van der Waals surface area contributed by atoms with Gasteiger partial charge in [0.05, 0.1) is 12.4 Å².